The molecule has 0 spiro atoms. The Morgan fingerprint density at radius 3 is 1.93 bits per heavy atom. The largest absolute Gasteiger partial charge is 0.460 e. The second kappa shape index (κ2) is 21.8. The Bertz CT molecular complexity index is 424. The van der Waals surface area contributed by atoms with E-state index in [9.17, 15) is 14.3 Å². The number of unbranched alkanes of at least 4 members (excludes halogenated alkanes) is 12. The lowest BCUT2D eigenvalue weighted by atomic mass is 10.0. The predicted molar refractivity (Wildman–Crippen MR) is 122 cm³/mol. The van der Waals surface area contributed by atoms with Gasteiger partial charge in [0.05, 0.1) is 19.4 Å². The van der Waals surface area contributed by atoms with Crippen molar-refractivity contribution in [1.29, 1.82) is 0 Å². The Morgan fingerprint density at radius 1 is 0.900 bits per heavy atom. The SMILES string of the molecule is CCCCCCCCCCCCCCCOCC(COP(=O)(O)CCNC)OC=O. The Labute approximate surface area is 184 Å². The van der Waals surface area contributed by atoms with Crippen LogP contribution < -0.4 is 5.32 Å². The standard InChI is InChI=1S/C22H46NO6P/c1-3-4-5-6-7-8-9-10-11-12-13-14-15-17-27-19-22(28-21-24)20-29-30(25,26)18-16-23-2/h21-23H,3-20H2,1-2H3,(H,25,26). The molecular weight excluding hydrogens is 405 g/mol. The summed E-state index contributed by atoms with van der Waals surface area (Å²) in [6, 6.07) is 0. The summed E-state index contributed by atoms with van der Waals surface area (Å²) in [6.45, 7) is 3.57. The Kier molecular flexibility index (Phi) is 21.4. The molecule has 0 aliphatic heterocycles. The summed E-state index contributed by atoms with van der Waals surface area (Å²) in [4.78, 5) is 20.3. The Hall–Kier alpha value is -0.460. The fourth-order valence-corrected chi connectivity index (χ4v) is 4.19. The zero-order valence-electron chi connectivity index (χ0n) is 19.3. The molecule has 0 aliphatic carbocycles. The summed E-state index contributed by atoms with van der Waals surface area (Å²) in [7, 11) is -1.98. The first kappa shape index (κ1) is 29.5. The lowest BCUT2D eigenvalue weighted by molar-refractivity contribution is -0.138. The smallest absolute Gasteiger partial charge is 0.329 e. The molecule has 180 valence electrons. The summed E-state index contributed by atoms with van der Waals surface area (Å²) in [5, 5.41) is 2.80. The maximum atomic E-state index is 11.8. The van der Waals surface area contributed by atoms with E-state index in [-0.39, 0.29) is 19.4 Å². The highest BCUT2D eigenvalue weighted by molar-refractivity contribution is 7.52. The number of rotatable bonds is 24. The minimum atomic E-state index is -3.68. The summed E-state index contributed by atoms with van der Waals surface area (Å²) in [5.41, 5.74) is 0. The summed E-state index contributed by atoms with van der Waals surface area (Å²) < 4.78 is 27.3. The monoisotopic (exact) mass is 451 g/mol. The van der Waals surface area contributed by atoms with Crippen LogP contribution in [-0.2, 0) is 23.4 Å². The molecule has 2 unspecified atom stereocenters. The molecule has 2 atom stereocenters. The number of hydrogen-bond donors (Lipinski definition) is 2. The first-order valence-corrected chi connectivity index (χ1v) is 13.6. The zero-order valence-corrected chi connectivity index (χ0v) is 20.2. The predicted octanol–water partition coefficient (Wildman–Crippen LogP) is 5.06. The van der Waals surface area contributed by atoms with Gasteiger partial charge < -0.3 is 24.2 Å². The van der Waals surface area contributed by atoms with Crippen molar-refractivity contribution in [2.24, 2.45) is 0 Å². The molecule has 0 saturated carbocycles. The van der Waals surface area contributed by atoms with Crippen LogP contribution in [0.15, 0.2) is 0 Å². The first-order valence-electron chi connectivity index (χ1n) is 11.8. The van der Waals surface area contributed by atoms with Gasteiger partial charge in [-0.1, -0.05) is 84.0 Å². The van der Waals surface area contributed by atoms with E-state index in [1.54, 1.807) is 7.05 Å². The molecule has 0 amide bonds. The zero-order chi connectivity index (χ0) is 22.3. The molecular formula is C22H46NO6P. The minimum absolute atomic E-state index is 0.0110. The number of nitrogens with one attached hydrogen (secondary N) is 1. The maximum Gasteiger partial charge on any atom is 0.329 e. The molecule has 0 saturated heterocycles. The Morgan fingerprint density at radius 2 is 1.43 bits per heavy atom. The van der Waals surface area contributed by atoms with Gasteiger partial charge in [-0.15, -0.1) is 0 Å². The van der Waals surface area contributed by atoms with Gasteiger partial charge in [-0.25, -0.2) is 0 Å². The molecule has 0 bridgehead atoms. The van der Waals surface area contributed by atoms with E-state index in [2.05, 4.69) is 12.2 Å². The summed E-state index contributed by atoms with van der Waals surface area (Å²) in [5.74, 6) is 0. The summed E-state index contributed by atoms with van der Waals surface area (Å²) in [6.07, 6.45) is 16.2. The van der Waals surface area contributed by atoms with Crippen molar-refractivity contribution in [2.75, 3.05) is 39.6 Å². The number of carbonyl (C=O) groups is 1. The van der Waals surface area contributed by atoms with E-state index < -0.39 is 13.7 Å². The number of ether oxygens (including phenoxy) is 2. The fraction of sp³-hybridized carbons (Fsp3) is 0.955. The molecule has 0 fully saturated rings. The average Bonchev–Trinajstić information content (AvgIpc) is 2.73. The van der Waals surface area contributed by atoms with E-state index in [4.69, 9.17) is 14.0 Å². The van der Waals surface area contributed by atoms with E-state index in [0.29, 0.717) is 19.6 Å². The van der Waals surface area contributed by atoms with Crippen molar-refractivity contribution in [3.63, 3.8) is 0 Å². The number of carbonyl (C=O) groups excluding carboxylic acids is 1. The van der Waals surface area contributed by atoms with Crippen molar-refractivity contribution < 1.29 is 28.3 Å². The maximum absolute atomic E-state index is 11.8. The van der Waals surface area contributed by atoms with Crippen LogP contribution in [0.25, 0.3) is 0 Å². The molecule has 30 heavy (non-hydrogen) atoms. The van der Waals surface area contributed by atoms with E-state index in [1.165, 1.54) is 70.6 Å². The van der Waals surface area contributed by atoms with E-state index in [0.717, 1.165) is 12.8 Å². The second-order valence-corrected chi connectivity index (χ2v) is 9.91. The molecule has 0 rings (SSSR count). The first-order chi connectivity index (χ1) is 14.6. The van der Waals surface area contributed by atoms with Crippen LogP contribution in [0.4, 0.5) is 0 Å². The lowest BCUT2D eigenvalue weighted by Crippen LogP contribution is -2.26. The highest BCUT2D eigenvalue weighted by Crippen LogP contribution is 2.41. The van der Waals surface area contributed by atoms with Crippen LogP contribution in [0.1, 0.15) is 90.4 Å². The van der Waals surface area contributed by atoms with Crippen LogP contribution in [0.2, 0.25) is 0 Å². The van der Waals surface area contributed by atoms with Gasteiger partial charge >= 0.3 is 7.60 Å². The molecule has 2 N–H and O–H groups in total. The number of hydrogen-bond acceptors (Lipinski definition) is 6. The van der Waals surface area contributed by atoms with Crippen LogP contribution in [-0.4, -0.2) is 57.0 Å². The van der Waals surface area contributed by atoms with Gasteiger partial charge in [0, 0.05) is 13.2 Å². The van der Waals surface area contributed by atoms with Gasteiger partial charge in [0.15, 0.2) is 0 Å². The normalized spacial score (nSPS) is 14.4. The average molecular weight is 452 g/mol. The molecule has 8 heteroatoms. The molecule has 0 heterocycles. The molecule has 0 aromatic carbocycles. The quantitative estimate of drug-likeness (QED) is 0.120. The highest BCUT2D eigenvalue weighted by atomic mass is 31.2. The van der Waals surface area contributed by atoms with Gasteiger partial charge in [-0.3, -0.25) is 9.36 Å². The molecule has 7 nitrogen and oxygen atoms in total. The third-order valence-electron chi connectivity index (χ3n) is 5.05. The van der Waals surface area contributed by atoms with Gasteiger partial charge in [-0.2, -0.15) is 0 Å². The van der Waals surface area contributed by atoms with E-state index >= 15 is 0 Å². The Balaban J connectivity index is 3.54. The van der Waals surface area contributed by atoms with Crippen LogP contribution in [0.5, 0.6) is 0 Å². The van der Waals surface area contributed by atoms with Crippen molar-refractivity contribution in [1.82, 2.24) is 5.32 Å². The minimum Gasteiger partial charge on any atom is -0.460 e. The molecule has 0 aromatic rings. The van der Waals surface area contributed by atoms with Gasteiger partial charge in [0.2, 0.25) is 0 Å². The lowest BCUT2D eigenvalue weighted by Gasteiger charge is -2.18. The van der Waals surface area contributed by atoms with Crippen LogP contribution in [0, 0.1) is 0 Å². The topological polar surface area (TPSA) is 94.1 Å². The van der Waals surface area contributed by atoms with Gasteiger partial charge in [-0.05, 0) is 13.5 Å². The van der Waals surface area contributed by atoms with Crippen molar-refractivity contribution in [2.45, 2.75) is 96.5 Å². The van der Waals surface area contributed by atoms with Crippen molar-refractivity contribution >= 4 is 14.1 Å². The van der Waals surface area contributed by atoms with Crippen LogP contribution >= 0.6 is 7.60 Å². The molecule has 0 radical (unpaired) electrons. The fourth-order valence-electron chi connectivity index (χ4n) is 3.16. The van der Waals surface area contributed by atoms with Crippen LogP contribution in [0.3, 0.4) is 0 Å². The second-order valence-electron chi connectivity index (χ2n) is 7.93. The van der Waals surface area contributed by atoms with Gasteiger partial charge in [0.25, 0.3) is 6.47 Å². The van der Waals surface area contributed by atoms with Crippen molar-refractivity contribution in [3.8, 4) is 0 Å². The molecule has 0 aromatic heterocycles. The van der Waals surface area contributed by atoms with E-state index in [1.807, 2.05) is 0 Å². The highest BCUT2D eigenvalue weighted by Gasteiger charge is 2.21. The third kappa shape index (κ3) is 20.8. The molecule has 0 aliphatic rings. The third-order valence-corrected chi connectivity index (χ3v) is 6.39. The van der Waals surface area contributed by atoms with Crippen molar-refractivity contribution in [3.05, 3.63) is 0 Å². The summed E-state index contributed by atoms with van der Waals surface area (Å²) >= 11 is 0. The van der Waals surface area contributed by atoms with Gasteiger partial charge in [0.1, 0.15) is 6.10 Å².